The van der Waals surface area contributed by atoms with Gasteiger partial charge in [-0.2, -0.15) is 8.78 Å². The number of halogens is 2. The van der Waals surface area contributed by atoms with E-state index in [0.29, 0.717) is 30.1 Å². The van der Waals surface area contributed by atoms with Crippen LogP contribution in [0.15, 0.2) is 18.2 Å². The van der Waals surface area contributed by atoms with Gasteiger partial charge < -0.3 is 15.4 Å². The maximum atomic E-state index is 12.4. The number of rotatable bonds is 7. The molecule has 2 N–H and O–H groups in total. The molecule has 1 heterocycles. The molecule has 1 aliphatic heterocycles. The average molecular weight is 424 g/mol. The molecule has 6 nitrogen and oxygen atoms in total. The van der Waals surface area contributed by atoms with Gasteiger partial charge in [-0.15, -0.1) is 0 Å². The van der Waals surface area contributed by atoms with Crippen molar-refractivity contribution in [1.82, 2.24) is 15.5 Å². The Balaban J connectivity index is 1.39. The Bertz CT molecular complexity index is 793. The van der Waals surface area contributed by atoms with Crippen LogP contribution < -0.4 is 15.4 Å². The number of nitrogens with zero attached hydrogens (tertiary/aromatic N) is 1. The smallest absolute Gasteiger partial charge is 0.387 e. The summed E-state index contributed by atoms with van der Waals surface area (Å²) in [5.41, 5.74) is 1.06. The molecule has 0 radical (unpaired) electrons. The first-order valence-electron chi connectivity index (χ1n) is 10.3. The van der Waals surface area contributed by atoms with Crippen molar-refractivity contribution in [3.8, 4) is 5.75 Å². The molecular weight excluding hydrogens is 392 g/mol. The lowest BCUT2D eigenvalue weighted by Gasteiger charge is -2.59. The molecule has 1 saturated heterocycles. The number of aryl methyl sites for hydroxylation is 1. The summed E-state index contributed by atoms with van der Waals surface area (Å²) in [6.07, 6.45) is 2.05. The van der Waals surface area contributed by atoms with E-state index in [0.717, 1.165) is 25.9 Å². The Morgan fingerprint density at radius 3 is 2.50 bits per heavy atom. The number of carbonyl (C=O) groups excluding carboxylic acids is 2. The van der Waals surface area contributed by atoms with Crippen molar-refractivity contribution in [1.29, 1.82) is 0 Å². The Labute approximate surface area is 176 Å². The lowest BCUT2D eigenvalue weighted by molar-refractivity contribution is -0.133. The normalized spacial score (nSPS) is 18.6. The fourth-order valence-electron chi connectivity index (χ4n) is 4.63. The minimum Gasteiger partial charge on any atom is -0.435 e. The van der Waals surface area contributed by atoms with Crippen LogP contribution in [0.3, 0.4) is 0 Å². The molecule has 30 heavy (non-hydrogen) atoms. The fourth-order valence-corrected chi connectivity index (χ4v) is 4.63. The molecule has 1 saturated carbocycles. The van der Waals surface area contributed by atoms with Gasteiger partial charge in [0, 0.05) is 30.7 Å². The number of carbonyl (C=O) groups is 2. The van der Waals surface area contributed by atoms with Crippen molar-refractivity contribution < 1.29 is 23.1 Å². The van der Waals surface area contributed by atoms with E-state index >= 15 is 0 Å². The highest BCUT2D eigenvalue weighted by molar-refractivity contribution is 5.94. The van der Waals surface area contributed by atoms with E-state index < -0.39 is 6.61 Å². The predicted octanol–water partition coefficient (Wildman–Crippen LogP) is 2.95. The standard InChI is InChI=1S/C22H31F2N3O3/c1-14-5-16(7-17(6-14)30-20(23)24)19(29)25-10-15-8-22(9-15)12-27(13-22)11-18(28)26-21(2,3)4/h5-7,15,20H,8-13H2,1-4H3,(H,25,29)(H,26,28). The Morgan fingerprint density at radius 2 is 1.90 bits per heavy atom. The van der Waals surface area contributed by atoms with Crippen LogP contribution in [-0.4, -0.2) is 55.0 Å². The summed E-state index contributed by atoms with van der Waals surface area (Å²) in [4.78, 5) is 26.6. The number of likely N-dealkylation sites (tertiary alicyclic amines) is 1. The van der Waals surface area contributed by atoms with Gasteiger partial charge >= 0.3 is 6.61 Å². The monoisotopic (exact) mass is 423 g/mol. The second-order valence-electron chi connectivity index (χ2n) is 9.84. The summed E-state index contributed by atoms with van der Waals surface area (Å²) in [6, 6.07) is 4.47. The number of amides is 2. The fraction of sp³-hybridized carbons (Fsp3) is 0.636. The molecule has 1 spiro atoms. The first-order valence-corrected chi connectivity index (χ1v) is 10.3. The van der Waals surface area contributed by atoms with E-state index in [1.165, 1.54) is 12.1 Å². The predicted molar refractivity (Wildman–Crippen MR) is 110 cm³/mol. The number of hydrogen-bond donors (Lipinski definition) is 2. The molecule has 0 bridgehead atoms. The topological polar surface area (TPSA) is 70.7 Å². The molecule has 1 aliphatic carbocycles. The zero-order chi connectivity index (χ0) is 22.1. The third-order valence-electron chi connectivity index (χ3n) is 5.53. The maximum absolute atomic E-state index is 12.4. The Morgan fingerprint density at radius 1 is 1.23 bits per heavy atom. The number of benzene rings is 1. The number of nitrogens with one attached hydrogen (secondary N) is 2. The van der Waals surface area contributed by atoms with Crippen LogP contribution in [0.2, 0.25) is 0 Å². The Kier molecular flexibility index (Phi) is 6.36. The van der Waals surface area contributed by atoms with Gasteiger partial charge in [0.2, 0.25) is 5.91 Å². The van der Waals surface area contributed by atoms with Crippen molar-refractivity contribution >= 4 is 11.8 Å². The van der Waals surface area contributed by atoms with Crippen LogP contribution in [0.1, 0.15) is 49.5 Å². The molecule has 1 aromatic rings. The van der Waals surface area contributed by atoms with E-state index in [1.54, 1.807) is 13.0 Å². The summed E-state index contributed by atoms with van der Waals surface area (Å²) < 4.78 is 29.3. The molecule has 2 fully saturated rings. The molecule has 0 aromatic heterocycles. The summed E-state index contributed by atoms with van der Waals surface area (Å²) >= 11 is 0. The molecule has 2 aliphatic rings. The zero-order valence-electron chi connectivity index (χ0n) is 18.1. The van der Waals surface area contributed by atoms with Gasteiger partial charge in [-0.05, 0) is 75.6 Å². The van der Waals surface area contributed by atoms with Crippen molar-refractivity contribution in [2.45, 2.75) is 52.7 Å². The van der Waals surface area contributed by atoms with E-state index in [1.807, 2.05) is 20.8 Å². The maximum Gasteiger partial charge on any atom is 0.387 e. The van der Waals surface area contributed by atoms with E-state index in [-0.39, 0.29) is 28.5 Å². The molecule has 8 heteroatoms. The van der Waals surface area contributed by atoms with E-state index in [4.69, 9.17) is 0 Å². The van der Waals surface area contributed by atoms with Crippen molar-refractivity contribution in [3.63, 3.8) is 0 Å². The van der Waals surface area contributed by atoms with Gasteiger partial charge in [0.1, 0.15) is 5.75 Å². The highest BCUT2D eigenvalue weighted by Crippen LogP contribution is 2.51. The number of hydrogen-bond acceptors (Lipinski definition) is 4. The van der Waals surface area contributed by atoms with Gasteiger partial charge in [-0.25, -0.2) is 0 Å². The summed E-state index contributed by atoms with van der Waals surface area (Å²) in [5.74, 6) is 0.158. The average Bonchev–Trinajstić information content (AvgIpc) is 2.51. The van der Waals surface area contributed by atoms with Gasteiger partial charge in [0.15, 0.2) is 0 Å². The third-order valence-corrected chi connectivity index (χ3v) is 5.53. The lowest BCUT2D eigenvalue weighted by Crippen LogP contribution is -2.64. The van der Waals surface area contributed by atoms with Gasteiger partial charge in [-0.1, -0.05) is 0 Å². The van der Waals surface area contributed by atoms with E-state index in [9.17, 15) is 18.4 Å². The highest BCUT2D eigenvalue weighted by Gasteiger charge is 2.52. The third kappa shape index (κ3) is 5.90. The molecular formula is C22H31F2N3O3. The summed E-state index contributed by atoms with van der Waals surface area (Å²) in [7, 11) is 0. The Hall–Kier alpha value is -2.22. The van der Waals surface area contributed by atoms with Crippen molar-refractivity contribution in [3.05, 3.63) is 29.3 Å². The summed E-state index contributed by atoms with van der Waals surface area (Å²) in [5, 5.41) is 5.88. The van der Waals surface area contributed by atoms with Crippen LogP contribution >= 0.6 is 0 Å². The molecule has 0 atom stereocenters. The molecule has 166 valence electrons. The zero-order valence-corrected chi connectivity index (χ0v) is 18.1. The number of ether oxygens (including phenoxy) is 1. The van der Waals surface area contributed by atoms with Crippen LogP contribution in [0.4, 0.5) is 8.78 Å². The number of alkyl halides is 2. The first kappa shape index (κ1) is 22.5. The quantitative estimate of drug-likeness (QED) is 0.708. The molecule has 2 amide bonds. The summed E-state index contributed by atoms with van der Waals surface area (Å²) in [6.45, 7) is 7.54. The van der Waals surface area contributed by atoms with Gasteiger partial charge in [-0.3, -0.25) is 14.5 Å². The molecule has 1 aromatic carbocycles. The van der Waals surface area contributed by atoms with Crippen LogP contribution in [0.5, 0.6) is 5.75 Å². The second-order valence-corrected chi connectivity index (χ2v) is 9.84. The van der Waals surface area contributed by atoms with Crippen molar-refractivity contribution in [2.24, 2.45) is 11.3 Å². The largest absolute Gasteiger partial charge is 0.435 e. The SMILES string of the molecule is Cc1cc(OC(F)F)cc(C(=O)NCC2CC3(C2)CN(CC(=O)NC(C)(C)C)C3)c1. The van der Waals surface area contributed by atoms with Crippen molar-refractivity contribution in [2.75, 3.05) is 26.2 Å². The van der Waals surface area contributed by atoms with Gasteiger partial charge in [0.25, 0.3) is 5.91 Å². The minimum absolute atomic E-state index is 0.0113. The van der Waals surface area contributed by atoms with Crippen LogP contribution in [0, 0.1) is 18.3 Å². The second kappa shape index (κ2) is 8.49. The van der Waals surface area contributed by atoms with E-state index in [2.05, 4.69) is 20.3 Å². The highest BCUT2D eigenvalue weighted by atomic mass is 19.3. The van der Waals surface area contributed by atoms with Crippen LogP contribution in [0.25, 0.3) is 0 Å². The van der Waals surface area contributed by atoms with Gasteiger partial charge in [0.05, 0.1) is 6.54 Å². The molecule has 0 unspecified atom stereocenters. The first-order chi connectivity index (χ1) is 13.9. The lowest BCUT2D eigenvalue weighted by atomic mass is 9.57. The minimum atomic E-state index is -2.92. The van der Waals surface area contributed by atoms with Crippen LogP contribution in [-0.2, 0) is 4.79 Å². The molecule has 3 rings (SSSR count).